The minimum absolute atomic E-state index is 0.0318. The number of carbonyl (C=O) groups is 2. The summed E-state index contributed by atoms with van der Waals surface area (Å²) in [5.74, 6) is -2.27. The molecule has 0 bridgehead atoms. The topological polar surface area (TPSA) is 125 Å². The van der Waals surface area contributed by atoms with E-state index in [0.29, 0.717) is 11.8 Å². The van der Waals surface area contributed by atoms with Crippen molar-refractivity contribution >= 4 is 22.7 Å². The number of quaternary nitrogens is 1. The zero-order valence-corrected chi connectivity index (χ0v) is 14.7. The van der Waals surface area contributed by atoms with Crippen LogP contribution in [0.3, 0.4) is 0 Å². The van der Waals surface area contributed by atoms with Gasteiger partial charge in [-0.1, -0.05) is 55.3 Å². The molecule has 0 heterocycles. The monoisotopic (exact) mass is 359 g/mol. The Balaban J connectivity index is 0.000000190. The molecule has 3 rings (SSSR count). The van der Waals surface area contributed by atoms with E-state index in [4.69, 9.17) is 10.2 Å². The van der Waals surface area contributed by atoms with Crippen LogP contribution in [0, 0.1) is 5.41 Å². The van der Waals surface area contributed by atoms with Gasteiger partial charge in [-0.25, -0.2) is 4.79 Å². The zero-order valence-electron chi connectivity index (χ0n) is 14.7. The lowest BCUT2D eigenvalue weighted by molar-refractivity contribution is -0.395. The maximum absolute atomic E-state index is 11.6. The van der Waals surface area contributed by atoms with Crippen molar-refractivity contribution in [3.05, 3.63) is 42.0 Å². The number of rotatable bonds is 4. The highest BCUT2D eigenvalue weighted by Gasteiger charge is 2.34. The molecule has 140 valence electrons. The fourth-order valence-corrected chi connectivity index (χ4v) is 3.55. The molecular formula is C20H25NO5. The maximum atomic E-state index is 11.6. The molecule has 0 aromatic heterocycles. The Hall–Kier alpha value is -2.60. The first-order chi connectivity index (χ1) is 12.4. The first kappa shape index (κ1) is 19.7. The lowest BCUT2D eigenvalue weighted by Crippen LogP contribution is -2.59. The van der Waals surface area contributed by atoms with Crippen LogP contribution in [-0.2, 0) is 4.79 Å². The Morgan fingerprint density at radius 2 is 1.69 bits per heavy atom. The van der Waals surface area contributed by atoms with Gasteiger partial charge in [-0.05, 0) is 29.7 Å². The maximum Gasteiger partial charge on any atom is 0.335 e. The van der Waals surface area contributed by atoms with Crippen LogP contribution in [0.4, 0.5) is 0 Å². The standard InChI is InChI=1S/C11H8O3.C9H17NO2/c12-10-8-4-2-1-3-7(8)5-6-9(10)11(13)14;10-7-9(6-8(11)12)4-2-1-3-5-9/h1-6,12H,(H,13,14);1-7,10H2,(H,11,12). The molecule has 5 N–H and O–H groups in total. The van der Waals surface area contributed by atoms with Crippen LogP contribution in [0.5, 0.6) is 5.75 Å². The molecule has 1 aliphatic rings. The van der Waals surface area contributed by atoms with Gasteiger partial charge in [0.15, 0.2) is 0 Å². The SMILES string of the molecule is O=C(O)c1ccc2ccccc2c1[O-].[NH3+]CC1(CC(=O)O)CCCCC1. The Kier molecular flexibility index (Phi) is 6.58. The third kappa shape index (κ3) is 4.73. The van der Waals surface area contributed by atoms with Crippen molar-refractivity contribution in [2.24, 2.45) is 5.41 Å². The van der Waals surface area contributed by atoms with E-state index in [1.165, 1.54) is 25.3 Å². The number of aliphatic carboxylic acids is 1. The third-order valence-electron chi connectivity index (χ3n) is 5.08. The molecule has 6 nitrogen and oxygen atoms in total. The van der Waals surface area contributed by atoms with Gasteiger partial charge in [0.25, 0.3) is 0 Å². The molecule has 1 saturated carbocycles. The largest absolute Gasteiger partial charge is 0.871 e. The molecule has 1 fully saturated rings. The number of benzene rings is 2. The highest BCUT2D eigenvalue weighted by molar-refractivity contribution is 5.99. The van der Waals surface area contributed by atoms with E-state index < -0.39 is 17.7 Å². The minimum atomic E-state index is -1.18. The van der Waals surface area contributed by atoms with Crippen molar-refractivity contribution in [2.75, 3.05) is 6.54 Å². The second-order valence-electron chi connectivity index (χ2n) is 6.85. The van der Waals surface area contributed by atoms with Crippen molar-refractivity contribution < 1.29 is 30.6 Å². The number of hydrogen-bond donors (Lipinski definition) is 3. The van der Waals surface area contributed by atoms with Crippen molar-refractivity contribution in [3.63, 3.8) is 0 Å². The fourth-order valence-electron chi connectivity index (χ4n) is 3.55. The van der Waals surface area contributed by atoms with Crippen LogP contribution in [0.2, 0.25) is 0 Å². The predicted molar refractivity (Wildman–Crippen MR) is 95.9 cm³/mol. The van der Waals surface area contributed by atoms with Crippen LogP contribution >= 0.6 is 0 Å². The van der Waals surface area contributed by atoms with Crippen LogP contribution in [0.1, 0.15) is 48.9 Å². The Labute approximate surface area is 152 Å². The fraction of sp³-hybridized carbons (Fsp3) is 0.400. The van der Waals surface area contributed by atoms with Crippen molar-refractivity contribution in [1.82, 2.24) is 0 Å². The summed E-state index contributed by atoms with van der Waals surface area (Å²) in [7, 11) is 0. The van der Waals surface area contributed by atoms with Gasteiger partial charge in [-0.15, -0.1) is 0 Å². The number of carboxylic acids is 2. The molecule has 0 spiro atoms. The van der Waals surface area contributed by atoms with E-state index in [-0.39, 0.29) is 11.0 Å². The van der Waals surface area contributed by atoms with Crippen LogP contribution in [0.15, 0.2) is 36.4 Å². The molecule has 0 radical (unpaired) electrons. The third-order valence-corrected chi connectivity index (χ3v) is 5.08. The van der Waals surface area contributed by atoms with Gasteiger partial charge < -0.3 is 21.1 Å². The van der Waals surface area contributed by atoms with E-state index >= 15 is 0 Å². The van der Waals surface area contributed by atoms with Crippen molar-refractivity contribution in [3.8, 4) is 5.75 Å². The molecule has 0 unspecified atom stereocenters. The molecule has 2 aromatic rings. The number of hydrogen-bond acceptors (Lipinski definition) is 3. The van der Waals surface area contributed by atoms with Crippen LogP contribution < -0.4 is 10.8 Å². The van der Waals surface area contributed by atoms with Crippen molar-refractivity contribution in [2.45, 2.75) is 38.5 Å². The Morgan fingerprint density at radius 1 is 1.04 bits per heavy atom. The van der Waals surface area contributed by atoms with E-state index in [0.717, 1.165) is 24.8 Å². The summed E-state index contributed by atoms with van der Waals surface area (Å²) in [6.07, 6.45) is 6.06. The number of fused-ring (bicyclic) bond motifs is 1. The second kappa shape index (κ2) is 8.67. The van der Waals surface area contributed by atoms with E-state index in [1.54, 1.807) is 24.3 Å². The van der Waals surface area contributed by atoms with Gasteiger partial charge in [0, 0.05) is 5.41 Å². The van der Waals surface area contributed by atoms with E-state index in [2.05, 4.69) is 5.73 Å². The normalized spacial score (nSPS) is 15.7. The van der Waals surface area contributed by atoms with Gasteiger partial charge in [0.05, 0.1) is 18.5 Å². The molecule has 1 aliphatic carbocycles. The molecule has 0 amide bonds. The number of carboxylic acid groups (broad SMARTS) is 2. The van der Waals surface area contributed by atoms with Gasteiger partial charge in [-0.3, -0.25) is 4.79 Å². The van der Waals surface area contributed by atoms with E-state index in [1.807, 2.05) is 6.07 Å². The molecule has 2 aromatic carbocycles. The summed E-state index contributed by atoms with van der Waals surface area (Å²) in [6.45, 7) is 0.777. The summed E-state index contributed by atoms with van der Waals surface area (Å²) in [5, 5.41) is 30.3. The number of aromatic carboxylic acids is 1. The highest BCUT2D eigenvalue weighted by Crippen LogP contribution is 2.37. The van der Waals surface area contributed by atoms with E-state index in [9.17, 15) is 14.7 Å². The van der Waals surface area contributed by atoms with Crippen LogP contribution in [0.25, 0.3) is 10.8 Å². The average molecular weight is 359 g/mol. The molecule has 0 atom stereocenters. The quantitative estimate of drug-likeness (QED) is 0.772. The first-order valence-corrected chi connectivity index (χ1v) is 8.82. The summed E-state index contributed by atoms with van der Waals surface area (Å²) in [6, 6.07) is 9.91. The molecule has 0 aliphatic heterocycles. The van der Waals surface area contributed by atoms with Crippen LogP contribution in [-0.4, -0.2) is 28.7 Å². The lowest BCUT2D eigenvalue weighted by atomic mass is 9.72. The summed E-state index contributed by atoms with van der Waals surface area (Å²) in [4.78, 5) is 21.3. The van der Waals surface area contributed by atoms with Gasteiger partial charge in [0.1, 0.15) is 0 Å². The molecule has 26 heavy (non-hydrogen) atoms. The smallest absolute Gasteiger partial charge is 0.335 e. The second-order valence-corrected chi connectivity index (χ2v) is 6.85. The Bertz CT molecular complexity index is 781. The molecule has 6 heteroatoms. The van der Waals surface area contributed by atoms with Crippen molar-refractivity contribution in [1.29, 1.82) is 0 Å². The Morgan fingerprint density at radius 3 is 2.27 bits per heavy atom. The minimum Gasteiger partial charge on any atom is -0.871 e. The summed E-state index contributed by atoms with van der Waals surface area (Å²) < 4.78 is 0. The zero-order chi connectivity index (χ0) is 19.2. The van der Waals surface area contributed by atoms with Gasteiger partial charge in [0.2, 0.25) is 0 Å². The summed E-state index contributed by atoms with van der Waals surface area (Å²) in [5.41, 5.74) is 3.73. The van der Waals surface area contributed by atoms with Gasteiger partial charge in [-0.2, -0.15) is 0 Å². The molecular weight excluding hydrogens is 334 g/mol. The van der Waals surface area contributed by atoms with Gasteiger partial charge >= 0.3 is 11.9 Å². The summed E-state index contributed by atoms with van der Waals surface area (Å²) >= 11 is 0. The molecule has 0 saturated heterocycles. The average Bonchev–Trinajstić information content (AvgIpc) is 2.63. The first-order valence-electron chi connectivity index (χ1n) is 8.82. The predicted octanol–water partition coefficient (Wildman–Crippen LogP) is 2.27. The highest BCUT2D eigenvalue weighted by atomic mass is 16.4. The lowest BCUT2D eigenvalue weighted by Gasteiger charge is -2.32.